The number of hydrogen-bond acceptors (Lipinski definition) is 2. The second-order valence-electron chi connectivity index (χ2n) is 4.12. The van der Waals surface area contributed by atoms with Crippen molar-refractivity contribution < 1.29 is 4.79 Å². The van der Waals surface area contributed by atoms with Gasteiger partial charge in [-0.2, -0.15) is 0 Å². The Balaban J connectivity index is 2.46. The third-order valence-electron chi connectivity index (χ3n) is 2.97. The van der Waals surface area contributed by atoms with E-state index in [0.29, 0.717) is 6.54 Å². The Morgan fingerprint density at radius 1 is 1.11 bits per heavy atom. The highest BCUT2D eigenvalue weighted by Gasteiger charge is 2.04. The van der Waals surface area contributed by atoms with E-state index < -0.39 is 0 Å². The Labute approximate surface area is 107 Å². The summed E-state index contributed by atoms with van der Waals surface area (Å²) in [6.07, 6.45) is 2.57. The van der Waals surface area contributed by atoms with Crippen LogP contribution in [0.15, 0.2) is 53.5 Å². The van der Waals surface area contributed by atoms with Crippen molar-refractivity contribution in [1.29, 1.82) is 0 Å². The highest BCUT2D eigenvalue weighted by molar-refractivity contribution is 5.68. The van der Waals surface area contributed by atoms with Gasteiger partial charge in [-0.05, 0) is 34.7 Å². The molecule has 0 saturated heterocycles. The summed E-state index contributed by atoms with van der Waals surface area (Å²) in [5, 5.41) is 0. The molecular formula is C16H15NO. The van der Waals surface area contributed by atoms with E-state index in [-0.39, 0.29) is 0 Å². The first-order valence-electron chi connectivity index (χ1n) is 6.06. The number of carbonyl (C=O) groups excluding carboxylic acids is 1. The highest BCUT2D eigenvalue weighted by Crippen LogP contribution is 2.25. The monoisotopic (exact) mass is 237 g/mol. The van der Waals surface area contributed by atoms with Crippen LogP contribution in [-0.2, 0) is 17.8 Å². The highest BCUT2D eigenvalue weighted by atomic mass is 16.1. The molecule has 0 amide bonds. The van der Waals surface area contributed by atoms with Gasteiger partial charge in [0.25, 0.3) is 0 Å². The first-order chi connectivity index (χ1) is 8.85. The first-order valence-corrected chi connectivity index (χ1v) is 6.06. The lowest BCUT2D eigenvalue weighted by molar-refractivity contribution is 0.563. The van der Waals surface area contributed by atoms with Crippen LogP contribution in [0.1, 0.15) is 18.1 Å². The van der Waals surface area contributed by atoms with Gasteiger partial charge in [0, 0.05) is 0 Å². The van der Waals surface area contributed by atoms with Gasteiger partial charge in [-0.15, -0.1) is 0 Å². The summed E-state index contributed by atoms with van der Waals surface area (Å²) in [5.41, 5.74) is 4.76. The molecule has 0 spiro atoms. The van der Waals surface area contributed by atoms with Crippen molar-refractivity contribution in [3.8, 4) is 11.1 Å². The molecule has 2 nitrogen and oxygen atoms in total. The zero-order chi connectivity index (χ0) is 12.8. The third-order valence-corrected chi connectivity index (χ3v) is 2.97. The maximum Gasteiger partial charge on any atom is 0.235 e. The van der Waals surface area contributed by atoms with E-state index in [1.807, 2.05) is 24.3 Å². The Hall–Kier alpha value is -2.18. The molecule has 2 rings (SSSR count). The molecule has 0 aliphatic carbocycles. The molecule has 0 aliphatic heterocycles. The summed E-state index contributed by atoms with van der Waals surface area (Å²) < 4.78 is 0. The van der Waals surface area contributed by atoms with E-state index >= 15 is 0 Å². The molecule has 0 atom stereocenters. The molecule has 0 N–H and O–H groups in total. The molecule has 2 aromatic carbocycles. The van der Waals surface area contributed by atoms with Gasteiger partial charge < -0.3 is 0 Å². The minimum atomic E-state index is 0.396. The summed E-state index contributed by atoms with van der Waals surface area (Å²) in [6.45, 7) is 2.54. The topological polar surface area (TPSA) is 29.4 Å². The molecule has 0 bridgehead atoms. The van der Waals surface area contributed by atoms with Crippen molar-refractivity contribution in [2.45, 2.75) is 19.9 Å². The van der Waals surface area contributed by atoms with Crippen molar-refractivity contribution in [1.82, 2.24) is 0 Å². The average molecular weight is 237 g/mol. The number of nitrogens with zero attached hydrogens (tertiary/aromatic N) is 1. The van der Waals surface area contributed by atoms with Gasteiger partial charge in [0.2, 0.25) is 6.08 Å². The maximum atomic E-state index is 10.2. The summed E-state index contributed by atoms with van der Waals surface area (Å²) in [7, 11) is 0. The Morgan fingerprint density at radius 3 is 2.56 bits per heavy atom. The van der Waals surface area contributed by atoms with Crippen molar-refractivity contribution in [2.75, 3.05) is 0 Å². The number of aryl methyl sites for hydroxylation is 1. The molecule has 2 aromatic rings. The number of hydrogen-bond donors (Lipinski definition) is 0. The van der Waals surface area contributed by atoms with Crippen LogP contribution in [0, 0.1) is 0 Å². The largest absolute Gasteiger partial charge is 0.235 e. The number of aliphatic imine (C=N–C) groups is 1. The summed E-state index contributed by atoms with van der Waals surface area (Å²) in [5.74, 6) is 0. The van der Waals surface area contributed by atoms with Gasteiger partial charge in [0.1, 0.15) is 0 Å². The fourth-order valence-electron chi connectivity index (χ4n) is 2.04. The second kappa shape index (κ2) is 5.95. The Bertz CT molecular complexity index is 569. The van der Waals surface area contributed by atoms with Gasteiger partial charge in [-0.3, -0.25) is 0 Å². The lowest BCUT2D eigenvalue weighted by Crippen LogP contribution is -1.91. The number of benzene rings is 2. The van der Waals surface area contributed by atoms with Crippen molar-refractivity contribution in [2.24, 2.45) is 4.99 Å². The van der Waals surface area contributed by atoms with Gasteiger partial charge in [-0.25, -0.2) is 9.79 Å². The predicted octanol–water partition coefficient (Wildman–Crippen LogP) is 3.75. The summed E-state index contributed by atoms with van der Waals surface area (Å²) in [4.78, 5) is 13.8. The van der Waals surface area contributed by atoms with E-state index in [2.05, 4.69) is 36.2 Å². The lowest BCUT2D eigenvalue weighted by atomic mass is 9.96. The fraction of sp³-hybridized carbons (Fsp3) is 0.188. The van der Waals surface area contributed by atoms with Crippen molar-refractivity contribution in [3.63, 3.8) is 0 Å². The van der Waals surface area contributed by atoms with Crippen LogP contribution in [0.25, 0.3) is 11.1 Å². The van der Waals surface area contributed by atoms with E-state index in [1.54, 1.807) is 6.08 Å². The second-order valence-corrected chi connectivity index (χ2v) is 4.12. The standard InChI is InChI=1S/C16H15NO/c1-2-14-9-8-13(11-17-12-18)10-16(14)15-6-4-3-5-7-15/h3-10H,2,11H2,1H3. The minimum absolute atomic E-state index is 0.396. The maximum absolute atomic E-state index is 10.2. The molecule has 0 unspecified atom stereocenters. The normalized spacial score (nSPS) is 9.83. The van der Waals surface area contributed by atoms with E-state index in [1.165, 1.54) is 16.7 Å². The Kier molecular flexibility index (Phi) is 4.06. The molecular weight excluding hydrogens is 222 g/mol. The van der Waals surface area contributed by atoms with Crippen molar-refractivity contribution in [3.05, 3.63) is 59.7 Å². The molecule has 2 heteroatoms. The number of isocyanates is 1. The van der Waals surface area contributed by atoms with Crippen LogP contribution in [0.5, 0.6) is 0 Å². The number of rotatable bonds is 4. The van der Waals surface area contributed by atoms with Crippen molar-refractivity contribution >= 4 is 6.08 Å². The van der Waals surface area contributed by atoms with E-state index in [4.69, 9.17) is 0 Å². The molecule has 0 aromatic heterocycles. The molecule has 0 fully saturated rings. The molecule has 18 heavy (non-hydrogen) atoms. The van der Waals surface area contributed by atoms with Gasteiger partial charge >= 0.3 is 0 Å². The summed E-state index contributed by atoms with van der Waals surface area (Å²) in [6, 6.07) is 16.5. The minimum Gasteiger partial charge on any atom is -0.211 e. The zero-order valence-corrected chi connectivity index (χ0v) is 10.4. The molecule has 0 saturated carbocycles. The first kappa shape index (κ1) is 12.3. The zero-order valence-electron chi connectivity index (χ0n) is 10.4. The lowest BCUT2D eigenvalue weighted by Gasteiger charge is -2.09. The van der Waals surface area contributed by atoms with E-state index in [9.17, 15) is 4.79 Å². The van der Waals surface area contributed by atoms with Crippen LogP contribution in [0.3, 0.4) is 0 Å². The predicted molar refractivity (Wildman–Crippen MR) is 73.1 cm³/mol. The SMILES string of the molecule is CCc1ccc(CN=C=O)cc1-c1ccccc1. The quantitative estimate of drug-likeness (QED) is 0.588. The van der Waals surface area contributed by atoms with Gasteiger partial charge in [0.05, 0.1) is 6.54 Å². The van der Waals surface area contributed by atoms with Crippen LogP contribution in [0.2, 0.25) is 0 Å². The molecule has 0 radical (unpaired) electrons. The third kappa shape index (κ3) is 2.73. The van der Waals surface area contributed by atoms with Crippen LogP contribution in [-0.4, -0.2) is 6.08 Å². The fourth-order valence-corrected chi connectivity index (χ4v) is 2.04. The smallest absolute Gasteiger partial charge is 0.211 e. The van der Waals surface area contributed by atoms with Crippen LogP contribution < -0.4 is 0 Å². The molecule has 0 aliphatic rings. The van der Waals surface area contributed by atoms with Gasteiger partial charge in [0.15, 0.2) is 0 Å². The Morgan fingerprint density at radius 2 is 1.89 bits per heavy atom. The van der Waals surface area contributed by atoms with Crippen LogP contribution in [0.4, 0.5) is 0 Å². The van der Waals surface area contributed by atoms with Gasteiger partial charge in [-0.1, -0.05) is 49.4 Å². The summed E-state index contributed by atoms with van der Waals surface area (Å²) >= 11 is 0. The average Bonchev–Trinajstić information content (AvgIpc) is 2.45. The molecule has 0 heterocycles. The molecule has 90 valence electrons. The van der Waals surface area contributed by atoms with Crippen LogP contribution >= 0.6 is 0 Å². The van der Waals surface area contributed by atoms with E-state index in [0.717, 1.165) is 12.0 Å².